The molecule has 0 atom stereocenters. The fourth-order valence-electron chi connectivity index (χ4n) is 3.86. The summed E-state index contributed by atoms with van der Waals surface area (Å²) in [6.45, 7) is 4.76. The average Bonchev–Trinajstić information content (AvgIpc) is 3.39. The monoisotopic (exact) mass is 426 g/mol. The molecule has 1 saturated carbocycles. The van der Waals surface area contributed by atoms with Crippen LogP contribution in [0.25, 0.3) is 11.1 Å². The van der Waals surface area contributed by atoms with Gasteiger partial charge in [0.25, 0.3) is 5.91 Å². The molecule has 2 fully saturated rings. The Morgan fingerprint density at radius 3 is 2.41 bits per heavy atom. The number of amides is 1. The first-order valence-electron chi connectivity index (χ1n) is 9.58. The van der Waals surface area contributed by atoms with Gasteiger partial charge in [0, 0.05) is 29.7 Å². The SMILES string of the molecule is CC1(C)CN(C(=O)c2c(-c3ccc(Cl)cc3)cc(C(F)(F)F)n2C2CC2)CCO1. The van der Waals surface area contributed by atoms with Crippen molar-refractivity contribution in [1.29, 1.82) is 0 Å². The lowest BCUT2D eigenvalue weighted by Crippen LogP contribution is -2.51. The van der Waals surface area contributed by atoms with Gasteiger partial charge in [0.2, 0.25) is 0 Å². The highest BCUT2D eigenvalue weighted by atomic mass is 35.5. The molecular weight excluding hydrogens is 405 g/mol. The van der Waals surface area contributed by atoms with Crippen LogP contribution in [0.1, 0.15) is 48.9 Å². The van der Waals surface area contributed by atoms with Crippen molar-refractivity contribution in [2.45, 2.75) is 44.5 Å². The first-order valence-corrected chi connectivity index (χ1v) is 9.96. The number of benzene rings is 1. The number of aromatic nitrogens is 1. The van der Waals surface area contributed by atoms with Gasteiger partial charge in [-0.25, -0.2) is 0 Å². The topological polar surface area (TPSA) is 34.5 Å². The molecule has 29 heavy (non-hydrogen) atoms. The van der Waals surface area contributed by atoms with E-state index in [1.807, 2.05) is 13.8 Å². The van der Waals surface area contributed by atoms with Crippen LogP contribution in [0.5, 0.6) is 0 Å². The third-order valence-corrected chi connectivity index (χ3v) is 5.56. The number of alkyl halides is 3. The summed E-state index contributed by atoms with van der Waals surface area (Å²) in [7, 11) is 0. The van der Waals surface area contributed by atoms with Gasteiger partial charge in [-0.1, -0.05) is 23.7 Å². The maximum Gasteiger partial charge on any atom is 0.431 e. The molecule has 0 spiro atoms. The van der Waals surface area contributed by atoms with Crippen LogP contribution in [0, 0.1) is 0 Å². The van der Waals surface area contributed by atoms with E-state index in [1.165, 1.54) is 4.57 Å². The fraction of sp³-hybridized carbons (Fsp3) is 0.476. The minimum Gasteiger partial charge on any atom is -0.372 e. The molecule has 2 heterocycles. The molecule has 2 aromatic rings. The molecule has 1 aliphatic carbocycles. The van der Waals surface area contributed by atoms with E-state index in [1.54, 1.807) is 29.2 Å². The molecule has 4 rings (SSSR count). The first kappa shape index (κ1) is 20.3. The second-order valence-corrected chi connectivity index (χ2v) is 8.67. The summed E-state index contributed by atoms with van der Waals surface area (Å²) in [5, 5.41) is 0.481. The molecule has 1 saturated heterocycles. The van der Waals surface area contributed by atoms with Crippen molar-refractivity contribution in [2.24, 2.45) is 0 Å². The van der Waals surface area contributed by atoms with Crippen molar-refractivity contribution in [2.75, 3.05) is 19.7 Å². The second-order valence-electron chi connectivity index (χ2n) is 8.23. The molecule has 0 unspecified atom stereocenters. The van der Waals surface area contributed by atoms with E-state index >= 15 is 0 Å². The number of hydrogen-bond donors (Lipinski definition) is 0. The van der Waals surface area contributed by atoms with E-state index in [9.17, 15) is 18.0 Å². The van der Waals surface area contributed by atoms with Crippen LogP contribution in [-0.4, -0.2) is 40.7 Å². The molecule has 4 nitrogen and oxygen atoms in total. The molecule has 0 N–H and O–H groups in total. The van der Waals surface area contributed by atoms with Gasteiger partial charge in [-0.3, -0.25) is 4.79 Å². The van der Waals surface area contributed by atoms with Crippen LogP contribution in [0.15, 0.2) is 30.3 Å². The normalized spacial score (nSPS) is 19.4. The number of nitrogens with zero attached hydrogens (tertiary/aromatic N) is 2. The van der Waals surface area contributed by atoms with E-state index in [-0.39, 0.29) is 17.3 Å². The minimum atomic E-state index is -4.55. The van der Waals surface area contributed by atoms with Gasteiger partial charge in [0.15, 0.2) is 0 Å². The average molecular weight is 427 g/mol. The lowest BCUT2D eigenvalue weighted by atomic mass is 10.0. The van der Waals surface area contributed by atoms with Crippen molar-refractivity contribution in [3.8, 4) is 11.1 Å². The van der Waals surface area contributed by atoms with Crippen LogP contribution in [0.2, 0.25) is 5.02 Å². The number of morpholine rings is 1. The van der Waals surface area contributed by atoms with E-state index in [0.29, 0.717) is 43.1 Å². The first-order chi connectivity index (χ1) is 13.6. The Hall–Kier alpha value is -1.99. The maximum absolute atomic E-state index is 13.9. The summed E-state index contributed by atoms with van der Waals surface area (Å²) in [5.41, 5.74) is -0.399. The van der Waals surface area contributed by atoms with Crippen molar-refractivity contribution in [1.82, 2.24) is 9.47 Å². The largest absolute Gasteiger partial charge is 0.431 e. The van der Waals surface area contributed by atoms with E-state index in [4.69, 9.17) is 16.3 Å². The summed E-state index contributed by atoms with van der Waals surface area (Å²) in [5.74, 6) is -0.395. The Morgan fingerprint density at radius 1 is 1.21 bits per heavy atom. The summed E-state index contributed by atoms with van der Waals surface area (Å²) in [4.78, 5) is 15.1. The Balaban J connectivity index is 1.87. The van der Waals surface area contributed by atoms with Crippen molar-refractivity contribution < 1.29 is 22.7 Å². The van der Waals surface area contributed by atoms with Gasteiger partial charge in [0.05, 0.1) is 12.2 Å². The van der Waals surface area contributed by atoms with Gasteiger partial charge in [0.1, 0.15) is 11.4 Å². The van der Waals surface area contributed by atoms with Gasteiger partial charge < -0.3 is 14.2 Å². The lowest BCUT2D eigenvalue weighted by molar-refractivity contribution is -0.143. The summed E-state index contributed by atoms with van der Waals surface area (Å²) in [6, 6.07) is 7.32. The second kappa shape index (κ2) is 7.06. The molecule has 1 amide bonds. The molecular formula is C21H22ClF3N2O2. The summed E-state index contributed by atoms with van der Waals surface area (Å²) < 4.78 is 48.4. The standard InChI is InChI=1S/C21H22ClF3N2O2/c1-20(2)12-26(9-10-29-20)19(28)18-16(13-3-5-14(22)6-4-13)11-17(21(23,24)25)27(18)15-7-8-15/h3-6,11,15H,7-10,12H2,1-2H3. The van der Waals surface area contributed by atoms with Crippen LogP contribution in [0.4, 0.5) is 13.2 Å². The highest BCUT2D eigenvalue weighted by Gasteiger charge is 2.44. The molecule has 0 bridgehead atoms. The molecule has 1 aliphatic heterocycles. The Labute approximate surface area is 172 Å². The summed E-state index contributed by atoms with van der Waals surface area (Å²) in [6.07, 6.45) is -3.29. The van der Waals surface area contributed by atoms with Crippen LogP contribution >= 0.6 is 11.6 Å². The molecule has 2 aliphatic rings. The molecule has 156 valence electrons. The zero-order chi connectivity index (χ0) is 21.0. The van der Waals surface area contributed by atoms with Crippen molar-refractivity contribution in [3.63, 3.8) is 0 Å². The zero-order valence-corrected chi connectivity index (χ0v) is 17.0. The van der Waals surface area contributed by atoms with Crippen LogP contribution in [-0.2, 0) is 10.9 Å². The van der Waals surface area contributed by atoms with E-state index in [2.05, 4.69) is 0 Å². The smallest absolute Gasteiger partial charge is 0.372 e. The van der Waals surface area contributed by atoms with E-state index < -0.39 is 23.4 Å². The molecule has 0 radical (unpaired) electrons. The Morgan fingerprint density at radius 2 is 1.86 bits per heavy atom. The minimum absolute atomic E-state index is 0.0971. The van der Waals surface area contributed by atoms with Gasteiger partial charge in [-0.2, -0.15) is 13.2 Å². The number of ether oxygens (including phenoxy) is 1. The highest BCUT2D eigenvalue weighted by Crippen LogP contribution is 2.46. The predicted molar refractivity (Wildman–Crippen MR) is 104 cm³/mol. The summed E-state index contributed by atoms with van der Waals surface area (Å²) >= 11 is 5.95. The predicted octanol–water partition coefficient (Wildman–Crippen LogP) is 5.41. The zero-order valence-electron chi connectivity index (χ0n) is 16.2. The quantitative estimate of drug-likeness (QED) is 0.657. The third kappa shape index (κ3) is 4.03. The van der Waals surface area contributed by atoms with Crippen LogP contribution < -0.4 is 0 Å². The number of rotatable bonds is 3. The Bertz CT molecular complexity index is 931. The third-order valence-electron chi connectivity index (χ3n) is 5.31. The lowest BCUT2D eigenvalue weighted by Gasteiger charge is -2.38. The fourth-order valence-corrected chi connectivity index (χ4v) is 3.99. The number of halogens is 4. The Kier molecular flexibility index (Phi) is 4.94. The van der Waals surface area contributed by atoms with Crippen LogP contribution in [0.3, 0.4) is 0 Å². The van der Waals surface area contributed by atoms with Crippen molar-refractivity contribution in [3.05, 3.63) is 46.7 Å². The molecule has 1 aromatic heterocycles. The van der Waals surface area contributed by atoms with Gasteiger partial charge in [-0.15, -0.1) is 0 Å². The van der Waals surface area contributed by atoms with Crippen molar-refractivity contribution >= 4 is 17.5 Å². The van der Waals surface area contributed by atoms with E-state index in [0.717, 1.165) is 6.07 Å². The maximum atomic E-state index is 13.9. The number of hydrogen-bond acceptors (Lipinski definition) is 2. The van der Waals surface area contributed by atoms with Gasteiger partial charge in [-0.05, 0) is 50.5 Å². The molecule has 1 aromatic carbocycles. The van der Waals surface area contributed by atoms with Gasteiger partial charge >= 0.3 is 6.18 Å². The number of carbonyl (C=O) groups excluding carboxylic acids is 1. The molecule has 8 heteroatoms. The highest BCUT2D eigenvalue weighted by molar-refractivity contribution is 6.30. The number of carbonyl (C=O) groups is 1.